The molecule has 1 aliphatic rings. The fourth-order valence-corrected chi connectivity index (χ4v) is 4.14. The molecule has 3 unspecified atom stereocenters. The Labute approximate surface area is 146 Å². The molecule has 0 amide bonds. The van der Waals surface area contributed by atoms with E-state index < -0.39 is 16.2 Å². The van der Waals surface area contributed by atoms with Crippen molar-refractivity contribution in [3.05, 3.63) is 44.8 Å². The number of anilines is 1. The van der Waals surface area contributed by atoms with Crippen LogP contribution in [0, 0.1) is 27.4 Å². The second-order valence-electron chi connectivity index (χ2n) is 8.03. The standard InChI is InChI=1S/C19H24N2O4/c1-11-9-19(3,4)10-14(12(11)2)20-16-13-7-5-6-8-15(13)25-18(22)17(16)21(23)24/h5-8,11-12,14,20H,9-10H2,1-4H3. The van der Waals surface area contributed by atoms with E-state index in [-0.39, 0.29) is 17.1 Å². The Hall–Kier alpha value is -2.37. The molecule has 1 aromatic heterocycles. The third-order valence-corrected chi connectivity index (χ3v) is 5.48. The lowest BCUT2D eigenvalue weighted by atomic mass is 9.66. The summed E-state index contributed by atoms with van der Waals surface area (Å²) >= 11 is 0. The molecule has 1 N–H and O–H groups in total. The molecule has 1 aromatic carbocycles. The molecule has 2 aromatic rings. The largest absolute Gasteiger partial charge is 0.418 e. The van der Waals surface area contributed by atoms with Crippen LogP contribution in [0.2, 0.25) is 0 Å². The topological polar surface area (TPSA) is 85.4 Å². The van der Waals surface area contributed by atoms with Gasteiger partial charge in [-0.15, -0.1) is 0 Å². The average Bonchev–Trinajstić information content (AvgIpc) is 2.51. The average molecular weight is 344 g/mol. The Bertz CT molecular complexity index is 871. The zero-order valence-electron chi connectivity index (χ0n) is 15.0. The van der Waals surface area contributed by atoms with Crippen molar-refractivity contribution < 1.29 is 9.34 Å². The Morgan fingerprint density at radius 3 is 2.60 bits per heavy atom. The molecule has 6 nitrogen and oxygen atoms in total. The fraction of sp³-hybridized carbons (Fsp3) is 0.526. The van der Waals surface area contributed by atoms with E-state index in [1.807, 2.05) is 0 Å². The maximum Gasteiger partial charge on any atom is 0.417 e. The number of fused-ring (bicyclic) bond motifs is 1. The number of nitro groups is 1. The second-order valence-corrected chi connectivity index (χ2v) is 8.03. The lowest BCUT2D eigenvalue weighted by Gasteiger charge is -2.44. The number of benzene rings is 1. The number of rotatable bonds is 3. The van der Waals surface area contributed by atoms with E-state index in [4.69, 9.17) is 4.42 Å². The summed E-state index contributed by atoms with van der Waals surface area (Å²) in [6, 6.07) is 6.99. The summed E-state index contributed by atoms with van der Waals surface area (Å²) in [6.07, 6.45) is 2.01. The van der Waals surface area contributed by atoms with Crippen molar-refractivity contribution in [2.75, 3.05) is 5.32 Å². The van der Waals surface area contributed by atoms with Crippen molar-refractivity contribution in [1.82, 2.24) is 0 Å². The Balaban J connectivity index is 2.13. The van der Waals surface area contributed by atoms with Crippen molar-refractivity contribution in [3.63, 3.8) is 0 Å². The molecule has 134 valence electrons. The van der Waals surface area contributed by atoms with Gasteiger partial charge < -0.3 is 9.73 Å². The molecule has 3 atom stereocenters. The van der Waals surface area contributed by atoms with Gasteiger partial charge in [0.1, 0.15) is 11.3 Å². The van der Waals surface area contributed by atoms with Gasteiger partial charge in [0, 0.05) is 11.4 Å². The quantitative estimate of drug-likeness (QED) is 0.500. The molecule has 1 saturated carbocycles. The summed E-state index contributed by atoms with van der Waals surface area (Å²) in [5.41, 5.74) is -0.646. The number of para-hydroxylation sites is 1. The number of nitrogens with zero attached hydrogens (tertiary/aromatic N) is 1. The molecule has 0 radical (unpaired) electrons. The van der Waals surface area contributed by atoms with E-state index in [2.05, 4.69) is 33.0 Å². The molecule has 1 heterocycles. The molecule has 3 rings (SSSR count). The van der Waals surface area contributed by atoms with Crippen LogP contribution in [0.4, 0.5) is 11.4 Å². The highest BCUT2D eigenvalue weighted by Crippen LogP contribution is 2.43. The molecule has 0 saturated heterocycles. The van der Waals surface area contributed by atoms with Gasteiger partial charge in [-0.1, -0.05) is 39.8 Å². The third-order valence-electron chi connectivity index (χ3n) is 5.48. The molecule has 25 heavy (non-hydrogen) atoms. The van der Waals surface area contributed by atoms with E-state index >= 15 is 0 Å². The molecule has 0 bridgehead atoms. The molecule has 0 aliphatic heterocycles. The van der Waals surface area contributed by atoms with Gasteiger partial charge in [0.25, 0.3) is 0 Å². The normalized spacial score (nSPS) is 25.7. The van der Waals surface area contributed by atoms with Crippen LogP contribution in [-0.2, 0) is 0 Å². The summed E-state index contributed by atoms with van der Waals surface area (Å²) in [7, 11) is 0. The summed E-state index contributed by atoms with van der Waals surface area (Å²) in [4.78, 5) is 23.0. The SMILES string of the molecule is CC1CC(C)(C)CC(Nc2c([N+](=O)[O-])c(=O)oc3ccccc23)C1C. The van der Waals surface area contributed by atoms with Gasteiger partial charge in [0.15, 0.2) is 0 Å². The van der Waals surface area contributed by atoms with E-state index in [9.17, 15) is 14.9 Å². The highest BCUT2D eigenvalue weighted by atomic mass is 16.6. The van der Waals surface area contributed by atoms with Gasteiger partial charge in [-0.2, -0.15) is 0 Å². The van der Waals surface area contributed by atoms with Crippen LogP contribution >= 0.6 is 0 Å². The zero-order valence-corrected chi connectivity index (χ0v) is 15.0. The van der Waals surface area contributed by atoms with Crippen LogP contribution in [0.25, 0.3) is 11.0 Å². The maximum atomic E-state index is 12.2. The highest BCUT2D eigenvalue weighted by molar-refractivity contribution is 5.94. The van der Waals surface area contributed by atoms with E-state index in [1.165, 1.54) is 0 Å². The van der Waals surface area contributed by atoms with Crippen LogP contribution in [-0.4, -0.2) is 11.0 Å². The minimum Gasteiger partial charge on any atom is -0.418 e. The zero-order chi connectivity index (χ0) is 18.4. The van der Waals surface area contributed by atoms with Crippen LogP contribution in [0.3, 0.4) is 0 Å². The lowest BCUT2D eigenvalue weighted by Crippen LogP contribution is -2.42. The van der Waals surface area contributed by atoms with Gasteiger partial charge in [-0.05, 0) is 42.2 Å². The van der Waals surface area contributed by atoms with Crippen molar-refractivity contribution in [3.8, 4) is 0 Å². The lowest BCUT2D eigenvalue weighted by molar-refractivity contribution is -0.386. The summed E-state index contributed by atoms with van der Waals surface area (Å²) in [6.45, 7) is 8.81. The maximum absolute atomic E-state index is 12.2. The Morgan fingerprint density at radius 2 is 1.92 bits per heavy atom. The molecule has 6 heteroatoms. The van der Waals surface area contributed by atoms with Gasteiger partial charge in [-0.3, -0.25) is 10.1 Å². The van der Waals surface area contributed by atoms with Crippen molar-refractivity contribution in [1.29, 1.82) is 0 Å². The summed E-state index contributed by atoms with van der Waals surface area (Å²) in [5.74, 6) is 0.838. The second kappa shape index (κ2) is 6.17. The Morgan fingerprint density at radius 1 is 1.24 bits per heavy atom. The van der Waals surface area contributed by atoms with Crippen LogP contribution in [0.1, 0.15) is 40.5 Å². The van der Waals surface area contributed by atoms with Crippen molar-refractivity contribution >= 4 is 22.3 Å². The van der Waals surface area contributed by atoms with Crippen LogP contribution < -0.4 is 10.9 Å². The fourth-order valence-electron chi connectivity index (χ4n) is 4.14. The first-order chi connectivity index (χ1) is 11.7. The summed E-state index contributed by atoms with van der Waals surface area (Å²) in [5, 5.41) is 15.4. The molecular weight excluding hydrogens is 320 g/mol. The first-order valence-corrected chi connectivity index (χ1v) is 8.66. The van der Waals surface area contributed by atoms with Crippen LogP contribution in [0.5, 0.6) is 0 Å². The van der Waals surface area contributed by atoms with Gasteiger partial charge >= 0.3 is 11.3 Å². The highest BCUT2D eigenvalue weighted by Gasteiger charge is 2.38. The van der Waals surface area contributed by atoms with Gasteiger partial charge in [-0.25, -0.2) is 4.79 Å². The van der Waals surface area contributed by atoms with Crippen molar-refractivity contribution in [2.45, 2.75) is 46.6 Å². The first kappa shape index (κ1) is 17.5. The van der Waals surface area contributed by atoms with Crippen LogP contribution in [0.15, 0.2) is 33.5 Å². The Kier molecular flexibility index (Phi) is 4.31. The molecular formula is C19H24N2O4. The molecule has 1 fully saturated rings. The number of hydrogen-bond acceptors (Lipinski definition) is 5. The van der Waals surface area contributed by atoms with E-state index in [0.29, 0.717) is 22.8 Å². The third kappa shape index (κ3) is 3.25. The van der Waals surface area contributed by atoms with Gasteiger partial charge in [0.05, 0.1) is 4.92 Å². The predicted octanol–water partition coefficient (Wildman–Crippen LogP) is 4.57. The minimum absolute atomic E-state index is 0.0580. The number of nitrogens with one attached hydrogen (secondary N) is 1. The smallest absolute Gasteiger partial charge is 0.417 e. The van der Waals surface area contributed by atoms with E-state index in [1.54, 1.807) is 24.3 Å². The molecule has 0 spiro atoms. The van der Waals surface area contributed by atoms with Crippen molar-refractivity contribution in [2.24, 2.45) is 17.3 Å². The van der Waals surface area contributed by atoms with E-state index in [0.717, 1.165) is 12.8 Å². The number of hydrogen-bond donors (Lipinski definition) is 1. The summed E-state index contributed by atoms with van der Waals surface area (Å²) < 4.78 is 5.14. The van der Waals surface area contributed by atoms with Gasteiger partial charge in [0.2, 0.25) is 0 Å². The predicted molar refractivity (Wildman–Crippen MR) is 97.9 cm³/mol. The minimum atomic E-state index is -0.915. The first-order valence-electron chi connectivity index (χ1n) is 8.66. The molecule has 1 aliphatic carbocycles. The monoisotopic (exact) mass is 344 g/mol.